The van der Waals surface area contributed by atoms with Crippen molar-refractivity contribution in [1.29, 1.82) is 0 Å². The second kappa shape index (κ2) is 10.9. The van der Waals surface area contributed by atoms with Gasteiger partial charge in [0.05, 0.1) is 30.0 Å². The average Bonchev–Trinajstić information content (AvgIpc) is 3.26. The van der Waals surface area contributed by atoms with Crippen molar-refractivity contribution >= 4 is 35.1 Å². The molecular weight excluding hydrogens is 494 g/mol. The van der Waals surface area contributed by atoms with Crippen LogP contribution in [0.15, 0.2) is 84.9 Å². The molecule has 2 aliphatic heterocycles. The molecule has 2 heterocycles. The number of hydrogen-bond donors (Lipinski definition) is 1. The highest BCUT2D eigenvalue weighted by Crippen LogP contribution is 2.37. The van der Waals surface area contributed by atoms with Crippen LogP contribution in [0.5, 0.6) is 0 Å². The van der Waals surface area contributed by atoms with Crippen molar-refractivity contribution in [3.05, 3.63) is 102 Å². The summed E-state index contributed by atoms with van der Waals surface area (Å²) in [6.07, 6.45) is 1.12. The number of anilines is 2. The van der Waals surface area contributed by atoms with Gasteiger partial charge >= 0.3 is 18.0 Å². The first-order valence-electron chi connectivity index (χ1n) is 12.8. The summed E-state index contributed by atoms with van der Waals surface area (Å²) in [5.74, 6) is -1.13. The van der Waals surface area contributed by atoms with Crippen LogP contribution in [-0.2, 0) is 11.3 Å². The predicted octanol–water partition coefficient (Wildman–Crippen LogP) is 5.35. The third kappa shape index (κ3) is 5.01. The number of para-hydroxylation sites is 2. The van der Waals surface area contributed by atoms with Gasteiger partial charge in [-0.15, -0.1) is 0 Å². The van der Waals surface area contributed by atoms with Gasteiger partial charge in [-0.2, -0.15) is 0 Å². The minimum absolute atomic E-state index is 0.127. The summed E-state index contributed by atoms with van der Waals surface area (Å²) >= 11 is 0. The van der Waals surface area contributed by atoms with E-state index in [4.69, 9.17) is 6.57 Å². The molecule has 5 rings (SSSR count). The average molecular weight is 524 g/mol. The summed E-state index contributed by atoms with van der Waals surface area (Å²) in [7, 11) is 1.68. The molecule has 198 valence electrons. The number of piperazine rings is 1. The lowest BCUT2D eigenvalue weighted by Crippen LogP contribution is -2.67. The van der Waals surface area contributed by atoms with E-state index in [1.165, 1.54) is 9.80 Å². The topological polar surface area (TPSA) is 88.8 Å². The summed E-state index contributed by atoms with van der Waals surface area (Å²) in [5.41, 5.74) is 2.66. The fourth-order valence-corrected chi connectivity index (χ4v) is 5.61. The summed E-state index contributed by atoms with van der Waals surface area (Å²) in [4.78, 5) is 49.9. The van der Waals surface area contributed by atoms with E-state index in [-0.39, 0.29) is 18.6 Å². The molecule has 9 nitrogen and oxygen atoms in total. The highest BCUT2D eigenvalue weighted by Gasteiger charge is 2.54. The monoisotopic (exact) mass is 523 g/mol. The molecule has 2 saturated heterocycles. The first kappa shape index (κ1) is 25.8. The molecule has 2 fully saturated rings. The van der Waals surface area contributed by atoms with Gasteiger partial charge in [-0.3, -0.25) is 4.90 Å². The van der Waals surface area contributed by atoms with Crippen LogP contribution in [0.4, 0.5) is 26.7 Å². The molecule has 3 aromatic carbocycles. The molecule has 1 N–H and O–H groups in total. The first-order chi connectivity index (χ1) is 18.9. The van der Waals surface area contributed by atoms with Crippen molar-refractivity contribution in [2.24, 2.45) is 0 Å². The van der Waals surface area contributed by atoms with E-state index in [0.717, 1.165) is 5.56 Å². The Morgan fingerprint density at radius 3 is 2.03 bits per heavy atom. The molecule has 39 heavy (non-hydrogen) atoms. The van der Waals surface area contributed by atoms with Gasteiger partial charge in [-0.25, -0.2) is 19.2 Å². The Hall–Kier alpha value is -4.84. The quantitative estimate of drug-likeness (QED) is 0.457. The van der Waals surface area contributed by atoms with Gasteiger partial charge in [0, 0.05) is 20.1 Å². The number of carbonyl (C=O) groups is 3. The maximum Gasteiger partial charge on any atom is 0.329 e. The number of carboxylic acids is 1. The lowest BCUT2D eigenvalue weighted by atomic mass is 10.0. The Balaban J connectivity index is 1.41. The van der Waals surface area contributed by atoms with Gasteiger partial charge in [0.15, 0.2) is 11.7 Å². The third-order valence-corrected chi connectivity index (χ3v) is 7.41. The molecule has 0 unspecified atom stereocenters. The van der Waals surface area contributed by atoms with E-state index in [0.29, 0.717) is 36.4 Å². The van der Waals surface area contributed by atoms with Gasteiger partial charge < -0.3 is 19.8 Å². The zero-order chi connectivity index (χ0) is 27.5. The van der Waals surface area contributed by atoms with E-state index in [1.807, 2.05) is 72.8 Å². The van der Waals surface area contributed by atoms with E-state index in [9.17, 15) is 19.5 Å². The number of benzene rings is 3. The van der Waals surface area contributed by atoms with Crippen LogP contribution < -0.4 is 4.90 Å². The number of nitrogens with zero attached hydrogens (tertiary/aromatic N) is 5. The van der Waals surface area contributed by atoms with Crippen LogP contribution >= 0.6 is 0 Å². The van der Waals surface area contributed by atoms with Gasteiger partial charge in [0.1, 0.15) is 0 Å². The summed E-state index contributed by atoms with van der Waals surface area (Å²) in [6.45, 7) is 7.56. The van der Waals surface area contributed by atoms with Gasteiger partial charge in [0.25, 0.3) is 0 Å². The minimum atomic E-state index is -1.18. The SMILES string of the molecule is [C-]#[N+]c1ccc(CN(C)C(=O)N2[C@H]3CC[C@@H]2[C@H](C(=O)O)N(C(=O)N(c2ccccc2)c2ccccc2)C3)cc1. The third-order valence-electron chi connectivity index (χ3n) is 7.41. The Kier molecular flexibility index (Phi) is 7.19. The van der Waals surface area contributed by atoms with Crippen LogP contribution in [0.3, 0.4) is 0 Å². The number of fused-ring (bicyclic) bond motifs is 2. The van der Waals surface area contributed by atoms with Crippen LogP contribution in [0, 0.1) is 6.57 Å². The standard InChI is InChI=1S/C30H29N5O4/c1-31-22-15-13-21(14-16-22)19-32(2)29(38)35-25-17-18-26(35)27(28(36)37)33(20-25)30(39)34(23-9-5-3-6-10-23)24-11-7-4-8-12-24/h3-16,25-27H,17-20H2,2H3,(H,36,37)/t25-,26+,27+/m0/s1. The maximum atomic E-state index is 14.1. The number of aliphatic carboxylic acids is 1. The molecule has 0 saturated carbocycles. The maximum absolute atomic E-state index is 14.1. The molecular formula is C30H29N5O4. The second-order valence-corrected chi connectivity index (χ2v) is 9.85. The number of carboxylic acid groups (broad SMARTS) is 1. The van der Waals surface area contributed by atoms with E-state index in [1.54, 1.807) is 29.0 Å². The van der Waals surface area contributed by atoms with Crippen molar-refractivity contribution in [3.8, 4) is 0 Å². The van der Waals surface area contributed by atoms with Crippen LogP contribution in [-0.4, -0.2) is 69.6 Å². The van der Waals surface area contributed by atoms with Crippen LogP contribution in [0.1, 0.15) is 18.4 Å². The summed E-state index contributed by atoms with van der Waals surface area (Å²) < 4.78 is 0. The molecule has 4 amide bonds. The fourth-order valence-electron chi connectivity index (χ4n) is 5.61. The van der Waals surface area contributed by atoms with E-state index < -0.39 is 24.1 Å². The number of carbonyl (C=O) groups excluding carboxylic acids is 2. The number of urea groups is 2. The highest BCUT2D eigenvalue weighted by atomic mass is 16.4. The van der Waals surface area contributed by atoms with Crippen molar-refractivity contribution in [2.75, 3.05) is 18.5 Å². The van der Waals surface area contributed by atoms with Gasteiger partial charge in [-0.05, 0) is 42.7 Å². The van der Waals surface area contributed by atoms with Crippen molar-refractivity contribution in [2.45, 2.75) is 37.5 Å². The van der Waals surface area contributed by atoms with Gasteiger partial charge in [-0.1, -0.05) is 60.7 Å². The zero-order valence-electron chi connectivity index (χ0n) is 21.6. The van der Waals surface area contributed by atoms with E-state index in [2.05, 4.69) is 4.85 Å². The Labute approximate surface area is 227 Å². The second-order valence-electron chi connectivity index (χ2n) is 9.85. The highest BCUT2D eigenvalue weighted by molar-refractivity contribution is 6.01. The minimum Gasteiger partial charge on any atom is -0.480 e. The molecule has 0 radical (unpaired) electrons. The lowest BCUT2D eigenvalue weighted by Gasteiger charge is -2.47. The molecule has 2 aliphatic rings. The number of amides is 4. The molecule has 3 aromatic rings. The Bertz CT molecular complexity index is 1350. The Morgan fingerprint density at radius 1 is 0.897 bits per heavy atom. The summed E-state index contributed by atoms with van der Waals surface area (Å²) in [5, 5.41) is 10.3. The normalized spacial score (nSPS) is 19.7. The fraction of sp³-hybridized carbons (Fsp3) is 0.267. The first-order valence-corrected chi connectivity index (χ1v) is 12.8. The van der Waals surface area contributed by atoms with E-state index >= 15 is 0 Å². The van der Waals surface area contributed by atoms with Crippen LogP contribution in [0.25, 0.3) is 4.85 Å². The predicted molar refractivity (Wildman–Crippen MR) is 147 cm³/mol. The van der Waals surface area contributed by atoms with Gasteiger partial charge in [0.2, 0.25) is 0 Å². The number of hydrogen-bond acceptors (Lipinski definition) is 3. The lowest BCUT2D eigenvalue weighted by molar-refractivity contribution is -0.145. The molecule has 3 atom stereocenters. The van der Waals surface area contributed by atoms with Crippen molar-refractivity contribution < 1.29 is 19.5 Å². The zero-order valence-corrected chi connectivity index (χ0v) is 21.6. The molecule has 0 aliphatic carbocycles. The molecule has 0 aromatic heterocycles. The largest absolute Gasteiger partial charge is 0.480 e. The number of likely N-dealkylation sites (tertiary alicyclic amines) is 1. The number of rotatable bonds is 5. The molecule has 2 bridgehead atoms. The summed E-state index contributed by atoms with van der Waals surface area (Å²) in [6, 6.07) is 22.5. The van der Waals surface area contributed by atoms with Crippen molar-refractivity contribution in [3.63, 3.8) is 0 Å². The molecule has 9 heteroatoms. The molecule has 0 spiro atoms. The Morgan fingerprint density at radius 2 is 1.49 bits per heavy atom. The smallest absolute Gasteiger partial charge is 0.329 e. The van der Waals surface area contributed by atoms with Crippen molar-refractivity contribution in [1.82, 2.24) is 14.7 Å². The van der Waals surface area contributed by atoms with Crippen LogP contribution in [0.2, 0.25) is 0 Å².